The lowest BCUT2D eigenvalue weighted by Crippen LogP contribution is -2.49. The number of nitrogens with zero attached hydrogens (tertiary/aromatic N) is 3. The molecule has 7 nitrogen and oxygen atoms in total. The fourth-order valence-electron chi connectivity index (χ4n) is 2.94. The van der Waals surface area contributed by atoms with Crippen LogP contribution in [0, 0.1) is 6.92 Å². The van der Waals surface area contributed by atoms with Crippen LogP contribution in [0.3, 0.4) is 0 Å². The smallest absolute Gasteiger partial charge is 0.410 e. The predicted octanol–water partition coefficient (Wildman–Crippen LogP) is 2.93. The highest BCUT2D eigenvalue weighted by atomic mass is 16.6. The summed E-state index contributed by atoms with van der Waals surface area (Å²) in [6.07, 6.45) is 5.18. The van der Waals surface area contributed by atoms with Gasteiger partial charge in [-0.2, -0.15) is 5.10 Å². The summed E-state index contributed by atoms with van der Waals surface area (Å²) in [5.41, 5.74) is 0.404. The Bertz CT molecular complexity index is 604. The highest BCUT2D eigenvalue weighted by Gasteiger charge is 2.29. The van der Waals surface area contributed by atoms with Crippen LogP contribution in [-0.4, -0.2) is 58.8 Å². The Morgan fingerprint density at radius 3 is 2.80 bits per heavy atom. The fraction of sp³-hybridized carbons (Fsp3) is 0.778. The Balaban J connectivity index is 1.51. The molecule has 1 aliphatic heterocycles. The van der Waals surface area contributed by atoms with Crippen molar-refractivity contribution in [1.82, 2.24) is 14.7 Å². The van der Waals surface area contributed by atoms with E-state index in [4.69, 9.17) is 14.2 Å². The number of hydrogen-bond acceptors (Lipinski definition) is 5. The Labute approximate surface area is 149 Å². The summed E-state index contributed by atoms with van der Waals surface area (Å²) in [5.74, 6) is 0.796. The summed E-state index contributed by atoms with van der Waals surface area (Å²) < 4.78 is 19.1. The Morgan fingerprint density at radius 2 is 2.16 bits per heavy atom. The third-order valence-electron chi connectivity index (χ3n) is 4.54. The molecule has 1 atom stereocenters. The highest BCUT2D eigenvalue weighted by Crippen LogP contribution is 2.32. The first-order valence-electron chi connectivity index (χ1n) is 9.10. The van der Waals surface area contributed by atoms with E-state index in [2.05, 4.69) is 5.10 Å². The summed E-state index contributed by atoms with van der Waals surface area (Å²) >= 11 is 0. The van der Waals surface area contributed by atoms with Crippen molar-refractivity contribution in [2.45, 2.75) is 64.7 Å². The first kappa shape index (κ1) is 18.0. The zero-order chi connectivity index (χ0) is 18.0. The van der Waals surface area contributed by atoms with Crippen molar-refractivity contribution in [3.63, 3.8) is 0 Å². The number of morpholine rings is 1. The first-order chi connectivity index (χ1) is 11.8. The van der Waals surface area contributed by atoms with E-state index in [0.29, 0.717) is 32.3 Å². The molecule has 1 aliphatic carbocycles. The minimum atomic E-state index is -0.491. The summed E-state index contributed by atoms with van der Waals surface area (Å²) in [5, 5.41) is 4.55. The van der Waals surface area contributed by atoms with Crippen LogP contribution in [0.15, 0.2) is 6.20 Å². The standard InChI is InChI=1S/C18H29N3O4/c1-13-16(11-21(19-13)14-6-5-7-14)24-12-15-10-20(8-9-23-15)17(22)25-18(2,3)4/h11,14-15H,5-10,12H2,1-4H3/t15-/m1/s1. The van der Waals surface area contributed by atoms with Crippen LogP contribution < -0.4 is 4.74 Å². The maximum atomic E-state index is 12.2. The largest absolute Gasteiger partial charge is 0.487 e. The Morgan fingerprint density at radius 1 is 1.40 bits per heavy atom. The molecule has 7 heteroatoms. The SMILES string of the molecule is Cc1nn(C2CCC2)cc1OC[C@H]1CN(C(=O)OC(C)(C)C)CCO1. The van der Waals surface area contributed by atoms with Crippen molar-refractivity contribution in [1.29, 1.82) is 0 Å². The lowest BCUT2D eigenvalue weighted by Gasteiger charge is -2.34. The van der Waals surface area contributed by atoms with E-state index < -0.39 is 5.60 Å². The zero-order valence-corrected chi connectivity index (χ0v) is 15.7. The van der Waals surface area contributed by atoms with Gasteiger partial charge in [0.25, 0.3) is 0 Å². The molecule has 2 heterocycles. The molecule has 0 bridgehead atoms. The van der Waals surface area contributed by atoms with Gasteiger partial charge in [0.05, 0.1) is 25.4 Å². The monoisotopic (exact) mass is 351 g/mol. The van der Waals surface area contributed by atoms with Crippen LogP contribution in [0.1, 0.15) is 51.8 Å². The fourth-order valence-corrected chi connectivity index (χ4v) is 2.94. The third kappa shape index (κ3) is 4.66. The molecule has 25 heavy (non-hydrogen) atoms. The van der Waals surface area contributed by atoms with Gasteiger partial charge >= 0.3 is 6.09 Å². The second-order valence-electron chi connectivity index (χ2n) is 7.87. The number of carbonyl (C=O) groups excluding carboxylic acids is 1. The molecular weight excluding hydrogens is 322 g/mol. The van der Waals surface area contributed by atoms with Crippen molar-refractivity contribution < 1.29 is 19.0 Å². The van der Waals surface area contributed by atoms with Crippen molar-refractivity contribution in [3.8, 4) is 5.75 Å². The molecule has 1 saturated heterocycles. The van der Waals surface area contributed by atoms with Gasteiger partial charge in [0.15, 0.2) is 5.75 Å². The number of aryl methyl sites for hydroxylation is 1. The van der Waals surface area contributed by atoms with Gasteiger partial charge in [-0.3, -0.25) is 4.68 Å². The van der Waals surface area contributed by atoms with Crippen molar-refractivity contribution in [2.24, 2.45) is 0 Å². The van der Waals surface area contributed by atoms with Crippen LogP contribution in [0.4, 0.5) is 4.79 Å². The van der Waals surface area contributed by atoms with E-state index in [-0.39, 0.29) is 12.2 Å². The van der Waals surface area contributed by atoms with E-state index in [1.54, 1.807) is 4.90 Å². The van der Waals surface area contributed by atoms with Gasteiger partial charge in [-0.25, -0.2) is 4.79 Å². The van der Waals surface area contributed by atoms with E-state index in [1.807, 2.05) is 38.6 Å². The normalized spacial score (nSPS) is 21.8. The predicted molar refractivity (Wildman–Crippen MR) is 92.9 cm³/mol. The third-order valence-corrected chi connectivity index (χ3v) is 4.54. The highest BCUT2D eigenvalue weighted by molar-refractivity contribution is 5.68. The number of amides is 1. The number of carbonyl (C=O) groups is 1. The van der Waals surface area contributed by atoms with E-state index in [1.165, 1.54) is 19.3 Å². The lowest BCUT2D eigenvalue weighted by molar-refractivity contribution is -0.0557. The van der Waals surface area contributed by atoms with Gasteiger partial charge in [0, 0.05) is 6.54 Å². The van der Waals surface area contributed by atoms with Gasteiger partial charge in [0.1, 0.15) is 24.0 Å². The molecule has 0 N–H and O–H groups in total. The summed E-state index contributed by atoms with van der Waals surface area (Å²) in [7, 11) is 0. The lowest BCUT2D eigenvalue weighted by atomic mass is 9.93. The van der Waals surface area contributed by atoms with Gasteiger partial charge in [-0.15, -0.1) is 0 Å². The average Bonchev–Trinajstić information content (AvgIpc) is 2.82. The van der Waals surface area contributed by atoms with E-state index in [0.717, 1.165) is 11.4 Å². The van der Waals surface area contributed by atoms with E-state index >= 15 is 0 Å². The maximum Gasteiger partial charge on any atom is 0.410 e. The minimum Gasteiger partial charge on any atom is -0.487 e. The second kappa shape index (κ2) is 7.23. The number of hydrogen-bond donors (Lipinski definition) is 0. The van der Waals surface area contributed by atoms with Crippen molar-refractivity contribution in [2.75, 3.05) is 26.3 Å². The van der Waals surface area contributed by atoms with Crippen LogP contribution >= 0.6 is 0 Å². The molecule has 0 radical (unpaired) electrons. The molecule has 2 aliphatic rings. The summed E-state index contributed by atoms with van der Waals surface area (Å²) in [4.78, 5) is 13.9. The first-order valence-corrected chi connectivity index (χ1v) is 9.10. The van der Waals surface area contributed by atoms with Crippen LogP contribution in [0.2, 0.25) is 0 Å². The second-order valence-corrected chi connectivity index (χ2v) is 7.87. The number of aromatic nitrogens is 2. The van der Waals surface area contributed by atoms with Gasteiger partial charge in [-0.1, -0.05) is 0 Å². The molecule has 3 rings (SSSR count). The molecule has 1 amide bonds. The number of ether oxygens (including phenoxy) is 3. The van der Waals surface area contributed by atoms with Gasteiger partial charge < -0.3 is 19.1 Å². The molecule has 1 saturated carbocycles. The molecule has 0 unspecified atom stereocenters. The zero-order valence-electron chi connectivity index (χ0n) is 15.7. The van der Waals surface area contributed by atoms with E-state index in [9.17, 15) is 4.79 Å². The van der Waals surface area contributed by atoms with Crippen molar-refractivity contribution in [3.05, 3.63) is 11.9 Å². The molecule has 1 aromatic rings. The number of rotatable bonds is 4. The quantitative estimate of drug-likeness (QED) is 0.834. The minimum absolute atomic E-state index is 0.160. The molecule has 140 valence electrons. The molecule has 0 aromatic carbocycles. The summed E-state index contributed by atoms with van der Waals surface area (Å²) in [6, 6.07) is 0.518. The molecule has 1 aromatic heterocycles. The maximum absolute atomic E-state index is 12.2. The van der Waals surface area contributed by atoms with Gasteiger partial charge in [0.2, 0.25) is 0 Å². The van der Waals surface area contributed by atoms with Crippen LogP contribution in [0.5, 0.6) is 5.75 Å². The Hall–Kier alpha value is -1.76. The summed E-state index contributed by atoms with van der Waals surface area (Å²) in [6.45, 7) is 9.48. The topological polar surface area (TPSA) is 65.8 Å². The average molecular weight is 351 g/mol. The molecule has 2 fully saturated rings. The molecule has 0 spiro atoms. The van der Waals surface area contributed by atoms with Crippen LogP contribution in [-0.2, 0) is 9.47 Å². The Kier molecular flexibility index (Phi) is 5.22. The van der Waals surface area contributed by atoms with Gasteiger partial charge in [-0.05, 0) is 47.0 Å². The molecular formula is C18H29N3O4. The van der Waals surface area contributed by atoms with Crippen molar-refractivity contribution >= 4 is 6.09 Å². The van der Waals surface area contributed by atoms with Crippen LogP contribution in [0.25, 0.3) is 0 Å².